The second kappa shape index (κ2) is 5.51. The van der Waals surface area contributed by atoms with E-state index in [0.717, 1.165) is 12.2 Å². The summed E-state index contributed by atoms with van der Waals surface area (Å²) < 4.78 is 13.2. The van der Waals surface area contributed by atoms with Crippen molar-refractivity contribution in [3.63, 3.8) is 0 Å². The van der Waals surface area contributed by atoms with Crippen LogP contribution in [0.15, 0.2) is 18.2 Å². The van der Waals surface area contributed by atoms with Crippen LogP contribution in [-0.2, 0) is 5.75 Å². The SMILES string of the molecule is CCCSCc1c(F)cccc1Cl. The lowest BCUT2D eigenvalue weighted by Crippen LogP contribution is -1.89. The van der Waals surface area contributed by atoms with Crippen LogP contribution in [0.3, 0.4) is 0 Å². The Morgan fingerprint density at radius 2 is 2.23 bits per heavy atom. The van der Waals surface area contributed by atoms with E-state index in [-0.39, 0.29) is 5.82 Å². The molecule has 0 amide bonds. The zero-order chi connectivity index (χ0) is 9.68. The highest BCUT2D eigenvalue weighted by molar-refractivity contribution is 7.98. The third kappa shape index (κ3) is 3.20. The van der Waals surface area contributed by atoms with Crippen molar-refractivity contribution >= 4 is 23.4 Å². The number of rotatable bonds is 4. The van der Waals surface area contributed by atoms with Crippen molar-refractivity contribution in [2.24, 2.45) is 0 Å². The summed E-state index contributed by atoms with van der Waals surface area (Å²) in [5, 5.41) is 0.531. The van der Waals surface area contributed by atoms with Crippen molar-refractivity contribution in [3.05, 3.63) is 34.6 Å². The van der Waals surface area contributed by atoms with Crippen LogP contribution in [0.1, 0.15) is 18.9 Å². The summed E-state index contributed by atoms with van der Waals surface area (Å²) in [6, 6.07) is 4.81. The van der Waals surface area contributed by atoms with Crippen LogP contribution in [-0.4, -0.2) is 5.75 Å². The van der Waals surface area contributed by atoms with Crippen LogP contribution in [0.4, 0.5) is 4.39 Å². The Balaban J connectivity index is 2.64. The second-order valence-electron chi connectivity index (χ2n) is 2.75. The van der Waals surface area contributed by atoms with Crippen LogP contribution in [0.2, 0.25) is 5.02 Å². The Bertz CT molecular complexity index is 255. The van der Waals surface area contributed by atoms with E-state index in [4.69, 9.17) is 11.6 Å². The molecule has 0 aliphatic heterocycles. The fourth-order valence-corrected chi connectivity index (χ4v) is 2.23. The van der Waals surface area contributed by atoms with Gasteiger partial charge in [0, 0.05) is 16.3 Å². The summed E-state index contributed by atoms with van der Waals surface area (Å²) in [5.41, 5.74) is 0.627. The molecule has 0 N–H and O–H groups in total. The van der Waals surface area contributed by atoms with E-state index in [1.54, 1.807) is 23.9 Å². The lowest BCUT2D eigenvalue weighted by molar-refractivity contribution is 0.617. The summed E-state index contributed by atoms with van der Waals surface area (Å²) in [5.74, 6) is 1.51. The third-order valence-corrected chi connectivity index (χ3v) is 3.20. The van der Waals surface area contributed by atoms with Crippen LogP contribution < -0.4 is 0 Å². The van der Waals surface area contributed by atoms with Gasteiger partial charge in [0.2, 0.25) is 0 Å². The molecule has 1 aromatic rings. The summed E-state index contributed by atoms with van der Waals surface area (Å²) in [7, 11) is 0. The number of halogens is 2. The fraction of sp³-hybridized carbons (Fsp3) is 0.400. The minimum absolute atomic E-state index is 0.198. The van der Waals surface area contributed by atoms with Gasteiger partial charge < -0.3 is 0 Å². The fourth-order valence-electron chi connectivity index (χ4n) is 0.989. The summed E-state index contributed by atoms with van der Waals surface area (Å²) in [6.07, 6.45) is 1.11. The van der Waals surface area contributed by atoms with E-state index >= 15 is 0 Å². The molecule has 0 unspecified atom stereocenters. The van der Waals surface area contributed by atoms with Crippen molar-refractivity contribution in [2.45, 2.75) is 19.1 Å². The second-order valence-corrected chi connectivity index (χ2v) is 4.27. The molecule has 0 radical (unpaired) electrons. The van der Waals surface area contributed by atoms with E-state index in [2.05, 4.69) is 6.92 Å². The van der Waals surface area contributed by atoms with E-state index in [1.165, 1.54) is 6.07 Å². The van der Waals surface area contributed by atoms with Gasteiger partial charge in [-0.05, 0) is 24.3 Å². The topological polar surface area (TPSA) is 0 Å². The first-order valence-corrected chi connectivity index (χ1v) is 5.79. The van der Waals surface area contributed by atoms with Gasteiger partial charge in [-0.1, -0.05) is 24.6 Å². The Morgan fingerprint density at radius 1 is 1.46 bits per heavy atom. The van der Waals surface area contributed by atoms with Crippen molar-refractivity contribution in [1.82, 2.24) is 0 Å². The van der Waals surface area contributed by atoms with Gasteiger partial charge in [-0.15, -0.1) is 0 Å². The first-order chi connectivity index (χ1) is 6.25. The molecule has 13 heavy (non-hydrogen) atoms. The molecular formula is C10H12ClFS. The molecule has 1 rings (SSSR count). The Kier molecular flexibility index (Phi) is 4.60. The molecule has 0 aliphatic rings. The average Bonchev–Trinajstić information content (AvgIpc) is 2.10. The Labute approximate surface area is 87.5 Å². The first kappa shape index (κ1) is 10.9. The quantitative estimate of drug-likeness (QED) is 0.685. The highest BCUT2D eigenvalue weighted by Crippen LogP contribution is 2.23. The summed E-state index contributed by atoms with van der Waals surface area (Å²) in [4.78, 5) is 0. The third-order valence-electron chi connectivity index (χ3n) is 1.66. The molecule has 0 atom stereocenters. The maximum atomic E-state index is 13.2. The molecule has 3 heteroatoms. The van der Waals surface area contributed by atoms with Gasteiger partial charge in [0.25, 0.3) is 0 Å². The molecule has 0 bridgehead atoms. The van der Waals surface area contributed by atoms with Gasteiger partial charge in [0.15, 0.2) is 0 Å². The van der Waals surface area contributed by atoms with Crippen LogP contribution in [0, 0.1) is 5.82 Å². The summed E-state index contributed by atoms with van der Waals surface area (Å²) in [6.45, 7) is 2.11. The van der Waals surface area contributed by atoms with Crippen molar-refractivity contribution in [3.8, 4) is 0 Å². The largest absolute Gasteiger partial charge is 0.207 e. The molecule has 0 spiro atoms. The molecule has 0 fully saturated rings. The molecule has 72 valence electrons. The van der Waals surface area contributed by atoms with Crippen molar-refractivity contribution in [1.29, 1.82) is 0 Å². The predicted octanol–water partition coefficient (Wildman–Crippen LogP) is 4.12. The minimum Gasteiger partial charge on any atom is -0.207 e. The highest BCUT2D eigenvalue weighted by Gasteiger charge is 2.05. The maximum absolute atomic E-state index is 13.2. The standard InChI is InChI=1S/C10H12ClFS/c1-2-6-13-7-8-9(11)4-3-5-10(8)12/h3-5H,2,6-7H2,1H3. The van der Waals surface area contributed by atoms with E-state index in [9.17, 15) is 4.39 Å². The lowest BCUT2D eigenvalue weighted by atomic mass is 10.2. The van der Waals surface area contributed by atoms with E-state index in [1.807, 2.05) is 0 Å². The summed E-state index contributed by atoms with van der Waals surface area (Å²) >= 11 is 7.57. The number of benzene rings is 1. The zero-order valence-electron chi connectivity index (χ0n) is 7.52. The number of hydrogen-bond donors (Lipinski definition) is 0. The highest BCUT2D eigenvalue weighted by atomic mass is 35.5. The minimum atomic E-state index is -0.198. The predicted molar refractivity (Wildman–Crippen MR) is 57.9 cm³/mol. The first-order valence-electron chi connectivity index (χ1n) is 4.26. The molecule has 0 heterocycles. The molecule has 1 aromatic carbocycles. The molecule has 0 nitrogen and oxygen atoms in total. The maximum Gasteiger partial charge on any atom is 0.128 e. The molecule has 0 aromatic heterocycles. The van der Waals surface area contributed by atoms with E-state index in [0.29, 0.717) is 16.3 Å². The monoisotopic (exact) mass is 218 g/mol. The zero-order valence-corrected chi connectivity index (χ0v) is 9.09. The lowest BCUT2D eigenvalue weighted by Gasteiger charge is -2.04. The van der Waals surface area contributed by atoms with E-state index < -0.39 is 0 Å². The molecular weight excluding hydrogens is 207 g/mol. The average molecular weight is 219 g/mol. The van der Waals surface area contributed by atoms with Crippen LogP contribution in [0.25, 0.3) is 0 Å². The normalized spacial score (nSPS) is 10.4. The van der Waals surface area contributed by atoms with Crippen molar-refractivity contribution < 1.29 is 4.39 Å². The smallest absolute Gasteiger partial charge is 0.128 e. The van der Waals surface area contributed by atoms with Gasteiger partial charge in [-0.3, -0.25) is 0 Å². The van der Waals surface area contributed by atoms with Gasteiger partial charge >= 0.3 is 0 Å². The van der Waals surface area contributed by atoms with Gasteiger partial charge in [-0.2, -0.15) is 11.8 Å². The molecule has 0 aliphatic carbocycles. The van der Waals surface area contributed by atoms with Gasteiger partial charge in [-0.25, -0.2) is 4.39 Å². The molecule has 0 saturated heterocycles. The Morgan fingerprint density at radius 3 is 2.85 bits per heavy atom. The van der Waals surface area contributed by atoms with Crippen LogP contribution >= 0.6 is 23.4 Å². The molecule has 0 saturated carbocycles. The number of thioether (sulfide) groups is 1. The number of hydrogen-bond acceptors (Lipinski definition) is 1. The Hall–Kier alpha value is -0.210. The van der Waals surface area contributed by atoms with Gasteiger partial charge in [0.05, 0.1) is 0 Å². The van der Waals surface area contributed by atoms with Gasteiger partial charge in [0.1, 0.15) is 5.82 Å². The van der Waals surface area contributed by atoms with Crippen LogP contribution in [0.5, 0.6) is 0 Å². The van der Waals surface area contributed by atoms with Crippen molar-refractivity contribution in [2.75, 3.05) is 5.75 Å².